The smallest absolute Gasteiger partial charge is 0.246 e. The summed E-state index contributed by atoms with van der Waals surface area (Å²) in [7, 11) is -3.55. The van der Waals surface area contributed by atoms with Crippen molar-refractivity contribution in [3.8, 4) is 0 Å². The van der Waals surface area contributed by atoms with Gasteiger partial charge in [-0.15, -0.1) is 0 Å². The third kappa shape index (κ3) is 3.81. The minimum absolute atomic E-state index is 0.181. The van der Waals surface area contributed by atoms with E-state index in [0.717, 1.165) is 30.2 Å². The number of hydrogen-bond acceptors (Lipinski definition) is 3. The maximum Gasteiger partial charge on any atom is 0.246 e. The lowest BCUT2D eigenvalue weighted by atomic mass is 9.98. The molecule has 1 aromatic rings. The van der Waals surface area contributed by atoms with E-state index in [1.165, 1.54) is 0 Å². The van der Waals surface area contributed by atoms with Crippen molar-refractivity contribution in [1.29, 1.82) is 0 Å². The Labute approximate surface area is 143 Å². The molecule has 7 heteroatoms. The summed E-state index contributed by atoms with van der Waals surface area (Å²) in [5.41, 5.74) is 6.21. The standard InChI is InChI=1S/C14H20Br2N2O2S/c1-2-10-4-3-6-18(7-5-10)21(19,20)14-12(16)8-11(15)9-13(14)17/h8-10H,2-7,17H2,1H3. The molecule has 2 rings (SSSR count). The number of nitrogen functional groups attached to an aromatic ring is 1. The summed E-state index contributed by atoms with van der Waals surface area (Å²) in [6.07, 6.45) is 4.03. The van der Waals surface area contributed by atoms with E-state index in [0.29, 0.717) is 23.5 Å². The van der Waals surface area contributed by atoms with Crippen LogP contribution in [0.3, 0.4) is 0 Å². The fourth-order valence-electron chi connectivity index (χ4n) is 2.77. The highest BCUT2D eigenvalue weighted by molar-refractivity contribution is 9.11. The number of anilines is 1. The van der Waals surface area contributed by atoms with E-state index in [9.17, 15) is 8.42 Å². The summed E-state index contributed by atoms with van der Waals surface area (Å²) in [6, 6.07) is 3.35. The molecule has 21 heavy (non-hydrogen) atoms. The number of sulfonamides is 1. The Morgan fingerprint density at radius 1 is 1.29 bits per heavy atom. The van der Waals surface area contributed by atoms with E-state index in [-0.39, 0.29) is 10.6 Å². The zero-order valence-corrected chi connectivity index (χ0v) is 16.0. The second-order valence-corrected chi connectivity index (χ2v) is 9.06. The molecule has 4 nitrogen and oxygen atoms in total. The number of nitrogens with two attached hydrogens (primary N) is 1. The molecule has 1 aliphatic heterocycles. The van der Waals surface area contributed by atoms with E-state index in [2.05, 4.69) is 38.8 Å². The van der Waals surface area contributed by atoms with Crippen molar-refractivity contribution in [3.63, 3.8) is 0 Å². The van der Waals surface area contributed by atoms with Gasteiger partial charge in [0.1, 0.15) is 4.90 Å². The van der Waals surface area contributed by atoms with Crippen LogP contribution in [0, 0.1) is 5.92 Å². The number of nitrogens with zero attached hydrogens (tertiary/aromatic N) is 1. The molecule has 0 saturated carbocycles. The Bertz CT molecular complexity index is 596. The van der Waals surface area contributed by atoms with Gasteiger partial charge in [-0.3, -0.25) is 0 Å². The second kappa shape index (κ2) is 6.98. The minimum Gasteiger partial charge on any atom is -0.398 e. The normalized spacial score (nSPS) is 21.2. The summed E-state index contributed by atoms with van der Waals surface area (Å²) >= 11 is 6.65. The monoisotopic (exact) mass is 438 g/mol. The lowest BCUT2D eigenvalue weighted by Crippen LogP contribution is -2.32. The molecule has 0 aromatic heterocycles. The van der Waals surface area contributed by atoms with Crippen molar-refractivity contribution in [2.24, 2.45) is 5.92 Å². The van der Waals surface area contributed by atoms with Gasteiger partial charge in [-0.25, -0.2) is 8.42 Å². The van der Waals surface area contributed by atoms with Crippen LogP contribution in [0.4, 0.5) is 5.69 Å². The molecule has 1 unspecified atom stereocenters. The molecule has 0 aliphatic carbocycles. The van der Waals surface area contributed by atoms with Crippen LogP contribution >= 0.6 is 31.9 Å². The Morgan fingerprint density at radius 3 is 2.62 bits per heavy atom. The Morgan fingerprint density at radius 2 is 2.00 bits per heavy atom. The lowest BCUT2D eigenvalue weighted by molar-refractivity contribution is 0.407. The van der Waals surface area contributed by atoms with Crippen molar-refractivity contribution in [2.75, 3.05) is 18.8 Å². The van der Waals surface area contributed by atoms with Gasteiger partial charge in [-0.1, -0.05) is 29.3 Å². The Hall–Kier alpha value is -0.110. The van der Waals surface area contributed by atoms with Crippen LogP contribution < -0.4 is 5.73 Å². The molecule has 0 bridgehead atoms. The van der Waals surface area contributed by atoms with Gasteiger partial charge in [0.05, 0.1) is 5.69 Å². The number of hydrogen-bond donors (Lipinski definition) is 1. The average molecular weight is 440 g/mol. The predicted octanol–water partition coefficient (Wildman–Crippen LogP) is 3.99. The summed E-state index contributed by atoms with van der Waals surface area (Å²) in [5, 5.41) is 0. The van der Waals surface area contributed by atoms with Crippen molar-refractivity contribution in [1.82, 2.24) is 4.31 Å². The molecule has 1 fully saturated rings. The third-order valence-corrected chi connectivity index (χ3v) is 7.38. The molecule has 118 valence electrons. The van der Waals surface area contributed by atoms with Gasteiger partial charge in [0.2, 0.25) is 10.0 Å². The van der Waals surface area contributed by atoms with Crippen LogP contribution in [0.25, 0.3) is 0 Å². The SMILES string of the molecule is CCC1CCCN(S(=O)(=O)c2c(N)cc(Br)cc2Br)CC1. The Balaban J connectivity index is 2.34. The molecule has 1 atom stereocenters. The Kier molecular flexibility index (Phi) is 5.73. The predicted molar refractivity (Wildman–Crippen MR) is 92.6 cm³/mol. The topological polar surface area (TPSA) is 63.4 Å². The second-order valence-electron chi connectivity index (χ2n) is 5.42. The van der Waals surface area contributed by atoms with Crippen molar-refractivity contribution in [2.45, 2.75) is 37.5 Å². The average Bonchev–Trinajstić information content (AvgIpc) is 2.62. The largest absolute Gasteiger partial charge is 0.398 e. The molecule has 1 aliphatic rings. The number of benzene rings is 1. The van der Waals surface area contributed by atoms with Crippen LogP contribution in [0.5, 0.6) is 0 Å². The summed E-state index contributed by atoms with van der Waals surface area (Å²) in [5.74, 6) is 0.621. The number of rotatable bonds is 3. The highest BCUT2D eigenvalue weighted by Gasteiger charge is 2.30. The van der Waals surface area contributed by atoms with Crippen molar-refractivity contribution < 1.29 is 8.42 Å². The first-order valence-electron chi connectivity index (χ1n) is 7.11. The molecule has 1 aromatic carbocycles. The van der Waals surface area contributed by atoms with Crippen LogP contribution in [-0.4, -0.2) is 25.8 Å². The van der Waals surface area contributed by atoms with E-state index in [4.69, 9.17) is 5.73 Å². The molecule has 1 heterocycles. The van der Waals surface area contributed by atoms with Gasteiger partial charge >= 0.3 is 0 Å². The third-order valence-electron chi connectivity index (χ3n) is 4.02. The van der Waals surface area contributed by atoms with Gasteiger partial charge in [0.15, 0.2) is 0 Å². The molecular formula is C14H20Br2N2O2S. The highest BCUT2D eigenvalue weighted by Crippen LogP contribution is 2.34. The first-order valence-corrected chi connectivity index (χ1v) is 10.1. The van der Waals surface area contributed by atoms with Crippen LogP contribution in [0.1, 0.15) is 32.6 Å². The molecule has 2 N–H and O–H groups in total. The highest BCUT2D eigenvalue weighted by atomic mass is 79.9. The summed E-state index contributed by atoms with van der Waals surface area (Å²) in [4.78, 5) is 0.181. The molecular weight excluding hydrogens is 420 g/mol. The molecule has 0 amide bonds. The lowest BCUT2D eigenvalue weighted by Gasteiger charge is -2.22. The fraction of sp³-hybridized carbons (Fsp3) is 0.571. The quantitative estimate of drug-likeness (QED) is 0.724. The zero-order chi connectivity index (χ0) is 15.6. The first kappa shape index (κ1) is 17.2. The van der Waals surface area contributed by atoms with Crippen LogP contribution in [0.15, 0.2) is 26.0 Å². The maximum absolute atomic E-state index is 12.9. The van der Waals surface area contributed by atoms with Gasteiger partial charge in [0.25, 0.3) is 0 Å². The summed E-state index contributed by atoms with van der Waals surface area (Å²) in [6.45, 7) is 3.31. The van der Waals surface area contributed by atoms with E-state index < -0.39 is 10.0 Å². The van der Waals surface area contributed by atoms with Gasteiger partial charge in [-0.2, -0.15) is 4.31 Å². The van der Waals surface area contributed by atoms with Crippen molar-refractivity contribution in [3.05, 3.63) is 21.1 Å². The number of halogens is 2. The fourth-order valence-corrected chi connectivity index (χ4v) is 6.28. The van der Waals surface area contributed by atoms with E-state index in [1.807, 2.05) is 0 Å². The van der Waals surface area contributed by atoms with E-state index in [1.54, 1.807) is 16.4 Å². The van der Waals surface area contributed by atoms with Crippen LogP contribution in [0.2, 0.25) is 0 Å². The van der Waals surface area contributed by atoms with Crippen LogP contribution in [-0.2, 0) is 10.0 Å². The summed E-state index contributed by atoms with van der Waals surface area (Å²) < 4.78 is 28.6. The molecule has 0 spiro atoms. The van der Waals surface area contributed by atoms with Gasteiger partial charge in [0, 0.05) is 22.0 Å². The van der Waals surface area contributed by atoms with Crippen molar-refractivity contribution >= 4 is 47.6 Å². The first-order chi connectivity index (χ1) is 9.86. The van der Waals surface area contributed by atoms with Gasteiger partial charge < -0.3 is 5.73 Å². The zero-order valence-electron chi connectivity index (χ0n) is 12.0. The maximum atomic E-state index is 12.9. The molecule has 0 radical (unpaired) electrons. The minimum atomic E-state index is -3.55. The molecule has 1 saturated heterocycles. The van der Waals surface area contributed by atoms with E-state index >= 15 is 0 Å². The van der Waals surface area contributed by atoms with Gasteiger partial charge in [-0.05, 0) is 53.2 Å².